The molecule has 0 bridgehead atoms. The molecular formula is C9H12N2O5. The lowest BCUT2D eigenvalue weighted by Crippen LogP contribution is -2.31. The highest BCUT2D eigenvalue weighted by molar-refractivity contribution is 4.88. The molecule has 1 saturated heterocycles. The second-order valence-electron chi connectivity index (χ2n) is 3.63. The molecule has 0 radical (unpaired) electrons. The molecule has 1 unspecified atom stereocenters. The van der Waals surface area contributed by atoms with Gasteiger partial charge in [0, 0.05) is 18.7 Å². The summed E-state index contributed by atoms with van der Waals surface area (Å²) in [5, 5.41) is 18.4. The van der Waals surface area contributed by atoms with E-state index in [-0.39, 0.29) is 13.0 Å². The number of hydrogen-bond acceptors (Lipinski definition) is 5. The highest BCUT2D eigenvalue weighted by atomic mass is 18.1. The molecule has 16 heavy (non-hydrogen) atoms. The molecule has 1 aliphatic heterocycles. The predicted molar refractivity (Wildman–Crippen MR) is 52.9 cm³/mol. The normalized spacial score (nSPS) is 29.5. The van der Waals surface area contributed by atoms with Gasteiger partial charge in [-0.25, -0.2) is 4.79 Å². The molecule has 0 aliphatic carbocycles. The van der Waals surface area contributed by atoms with Crippen LogP contribution >= 0.6 is 0 Å². The van der Waals surface area contributed by atoms with E-state index in [0.29, 0.717) is 0 Å². The van der Waals surface area contributed by atoms with Crippen LogP contribution in [0.25, 0.3) is 0 Å². The van der Waals surface area contributed by atoms with Gasteiger partial charge in [0.25, 0.3) is 5.56 Å². The molecule has 3 N–H and O–H groups in total. The zero-order valence-electron chi connectivity index (χ0n) is 8.37. The molecule has 1 aliphatic rings. The number of rotatable bonds is 2. The molecule has 7 heteroatoms. The zero-order valence-corrected chi connectivity index (χ0v) is 8.37. The van der Waals surface area contributed by atoms with E-state index in [1.165, 1.54) is 16.8 Å². The summed E-state index contributed by atoms with van der Waals surface area (Å²) in [7, 11) is 0. The first-order chi connectivity index (χ1) is 7.61. The number of hydrogen-bond donors (Lipinski definition) is 3. The molecule has 2 rings (SSSR count). The van der Waals surface area contributed by atoms with Crippen LogP contribution in [0.15, 0.2) is 21.9 Å². The number of H-pyrrole nitrogens is 1. The maximum atomic E-state index is 11.4. The van der Waals surface area contributed by atoms with Gasteiger partial charge in [0.2, 0.25) is 0 Å². The molecule has 88 valence electrons. The minimum atomic E-state index is -0.811. The number of ether oxygens (including phenoxy) is 1. The number of aliphatic hydroxyl groups excluding tert-OH is 2. The van der Waals surface area contributed by atoms with Gasteiger partial charge >= 0.3 is 5.69 Å². The fourth-order valence-electron chi connectivity index (χ4n) is 1.70. The van der Waals surface area contributed by atoms with E-state index in [4.69, 9.17) is 9.84 Å². The second-order valence-corrected chi connectivity index (χ2v) is 3.63. The Balaban J connectivity index is 2.27. The number of nitrogens with zero attached hydrogens (tertiary/aromatic N) is 1. The summed E-state index contributed by atoms with van der Waals surface area (Å²) in [6.07, 6.45) is -0.649. The molecule has 1 aromatic heterocycles. The van der Waals surface area contributed by atoms with Crippen molar-refractivity contribution in [1.29, 1.82) is 0 Å². The molecule has 0 aromatic carbocycles. The van der Waals surface area contributed by atoms with Gasteiger partial charge in [0.1, 0.15) is 12.3 Å². The van der Waals surface area contributed by atoms with Crippen molar-refractivity contribution in [1.82, 2.24) is 9.55 Å². The quantitative estimate of drug-likeness (QED) is 0.519. The average Bonchev–Trinajstić information content (AvgIpc) is 2.59. The summed E-state index contributed by atoms with van der Waals surface area (Å²) in [5.74, 6) is 0. The van der Waals surface area contributed by atoms with E-state index in [9.17, 15) is 14.7 Å². The summed E-state index contributed by atoms with van der Waals surface area (Å²) in [5.41, 5.74) is -1.08. The predicted octanol–water partition coefficient (Wildman–Crippen LogP) is -1.82. The first-order valence-electron chi connectivity index (χ1n) is 4.87. The number of aliphatic hydroxyl groups is 2. The Morgan fingerprint density at radius 1 is 1.69 bits per heavy atom. The third-order valence-electron chi connectivity index (χ3n) is 2.55. The molecule has 2 heterocycles. The van der Waals surface area contributed by atoms with Gasteiger partial charge in [-0.2, -0.15) is 0 Å². The van der Waals surface area contributed by atoms with E-state index in [1.807, 2.05) is 0 Å². The number of aromatic amines is 1. The molecule has 0 saturated carbocycles. The molecule has 0 amide bonds. The van der Waals surface area contributed by atoms with E-state index < -0.39 is 29.7 Å². The molecule has 3 atom stereocenters. The van der Waals surface area contributed by atoms with Crippen molar-refractivity contribution >= 4 is 0 Å². The highest BCUT2D eigenvalue weighted by Gasteiger charge is 2.34. The lowest BCUT2D eigenvalue weighted by molar-refractivity contribution is -0.0459. The Kier molecular flexibility index (Phi) is 2.90. The Labute approximate surface area is 89.9 Å². The van der Waals surface area contributed by atoms with Gasteiger partial charge in [0.05, 0.1) is 12.7 Å². The van der Waals surface area contributed by atoms with Crippen molar-refractivity contribution in [3.8, 4) is 0 Å². The average molecular weight is 230 g/mol. The first kappa shape index (κ1) is 11.1. The smallest absolute Gasteiger partial charge is 0.330 e. The SMILES string of the molecule is O=c1ccn([C@H]2CC(O)[C@@H](CO)O2)c(=[18O])[nH]1. The van der Waals surface area contributed by atoms with Gasteiger partial charge in [-0.05, 0) is 0 Å². The van der Waals surface area contributed by atoms with E-state index >= 15 is 0 Å². The van der Waals surface area contributed by atoms with Crippen molar-refractivity contribution < 1.29 is 14.9 Å². The minimum Gasteiger partial charge on any atom is -0.394 e. The standard InChI is InChI=1S/C9H12N2O5/c12-4-6-5(13)3-8(16-6)11-2-1-7(14)10-9(11)15/h1-2,5-6,8,12-13H,3-4H2,(H,10,14,15)/t5?,6-,8-/m1/s1/i15+2. The van der Waals surface area contributed by atoms with Crippen molar-refractivity contribution in [2.75, 3.05) is 6.61 Å². The summed E-state index contributed by atoms with van der Waals surface area (Å²) in [4.78, 5) is 24.3. The number of aromatic nitrogens is 2. The molecule has 0 spiro atoms. The summed E-state index contributed by atoms with van der Waals surface area (Å²) in [6.45, 7) is -0.310. The van der Waals surface area contributed by atoms with Crippen LogP contribution < -0.4 is 11.2 Å². The largest absolute Gasteiger partial charge is 0.394 e. The van der Waals surface area contributed by atoms with Crippen LogP contribution in [-0.2, 0) is 4.74 Å². The van der Waals surface area contributed by atoms with Crippen molar-refractivity contribution in [2.24, 2.45) is 0 Å². The third-order valence-corrected chi connectivity index (χ3v) is 2.55. The summed E-state index contributed by atoms with van der Waals surface area (Å²) < 4.78 is 6.45. The zero-order chi connectivity index (χ0) is 11.7. The Morgan fingerprint density at radius 2 is 2.44 bits per heavy atom. The lowest BCUT2D eigenvalue weighted by atomic mass is 10.2. The van der Waals surface area contributed by atoms with Crippen LogP contribution in [-0.4, -0.2) is 38.6 Å². The minimum absolute atomic E-state index is 0.206. The molecule has 1 fully saturated rings. The van der Waals surface area contributed by atoms with E-state index in [2.05, 4.69) is 4.98 Å². The molecule has 1 aromatic rings. The fourth-order valence-corrected chi connectivity index (χ4v) is 1.70. The molecule has 7 nitrogen and oxygen atoms in total. The van der Waals surface area contributed by atoms with Crippen LogP contribution in [0.5, 0.6) is 0 Å². The highest BCUT2D eigenvalue weighted by Crippen LogP contribution is 2.26. The van der Waals surface area contributed by atoms with Crippen molar-refractivity contribution in [3.05, 3.63) is 33.1 Å². The van der Waals surface area contributed by atoms with Crippen LogP contribution in [0, 0.1) is 0 Å². The van der Waals surface area contributed by atoms with Crippen LogP contribution in [0.4, 0.5) is 0 Å². The monoisotopic (exact) mass is 230 g/mol. The second kappa shape index (κ2) is 4.20. The number of nitrogens with one attached hydrogen (secondary N) is 1. The topological polar surface area (TPSA) is 105 Å². The first-order valence-corrected chi connectivity index (χ1v) is 4.87. The van der Waals surface area contributed by atoms with E-state index in [1.54, 1.807) is 0 Å². The van der Waals surface area contributed by atoms with Crippen LogP contribution in [0.2, 0.25) is 0 Å². The van der Waals surface area contributed by atoms with Gasteiger partial charge in [0.15, 0.2) is 0 Å². The Bertz CT molecular complexity index is 479. The fraction of sp³-hybridized carbons (Fsp3) is 0.556. The maximum absolute atomic E-state index is 11.4. The maximum Gasteiger partial charge on any atom is 0.330 e. The summed E-state index contributed by atoms with van der Waals surface area (Å²) >= 11 is 0. The van der Waals surface area contributed by atoms with E-state index in [0.717, 1.165) is 0 Å². The van der Waals surface area contributed by atoms with Crippen molar-refractivity contribution in [2.45, 2.75) is 24.9 Å². The van der Waals surface area contributed by atoms with Gasteiger partial charge < -0.3 is 14.9 Å². The third kappa shape index (κ3) is 1.92. The van der Waals surface area contributed by atoms with Crippen molar-refractivity contribution in [3.63, 3.8) is 0 Å². The van der Waals surface area contributed by atoms with Crippen LogP contribution in [0.1, 0.15) is 12.6 Å². The van der Waals surface area contributed by atoms with Crippen LogP contribution in [0.3, 0.4) is 0 Å². The summed E-state index contributed by atoms with van der Waals surface area (Å²) in [6, 6.07) is 1.20. The van der Waals surface area contributed by atoms with Gasteiger partial charge in [-0.3, -0.25) is 14.3 Å². The lowest BCUT2D eigenvalue weighted by Gasteiger charge is -2.13. The van der Waals surface area contributed by atoms with Gasteiger partial charge in [-0.1, -0.05) is 0 Å². The molecular weight excluding hydrogens is 218 g/mol. The Hall–Kier alpha value is -1.44. The Morgan fingerprint density at radius 3 is 3.00 bits per heavy atom. The van der Waals surface area contributed by atoms with Gasteiger partial charge in [-0.15, -0.1) is 0 Å².